The first-order valence-corrected chi connectivity index (χ1v) is 7.72. The number of aryl methyl sites for hydroxylation is 3. The Kier molecular flexibility index (Phi) is 14.9. The predicted molar refractivity (Wildman–Crippen MR) is 94.8 cm³/mol. The van der Waals surface area contributed by atoms with E-state index < -0.39 is 0 Å². The van der Waals surface area contributed by atoms with Crippen LogP contribution in [-0.2, 0) is 0 Å². The molecule has 0 spiro atoms. The van der Waals surface area contributed by atoms with Crippen LogP contribution in [0.2, 0.25) is 5.02 Å². The van der Waals surface area contributed by atoms with Crippen molar-refractivity contribution in [2.75, 3.05) is 0 Å². The van der Waals surface area contributed by atoms with Crippen LogP contribution in [0.4, 0.5) is 0 Å². The molecule has 2 rings (SSSR count). The molecule has 0 amide bonds. The summed E-state index contributed by atoms with van der Waals surface area (Å²) in [7, 11) is 0. The third-order valence-electron chi connectivity index (χ3n) is 2.25. The Morgan fingerprint density at radius 2 is 1.10 bits per heavy atom. The molecule has 20 heavy (non-hydrogen) atoms. The van der Waals surface area contributed by atoms with Gasteiger partial charge in [-0.25, -0.2) is 0 Å². The number of rotatable bonds is 0. The van der Waals surface area contributed by atoms with Crippen LogP contribution >= 0.6 is 11.6 Å². The number of benzene rings is 2. The lowest BCUT2D eigenvalue weighted by atomic mass is 10.2. The molecular formula is C19H29Cl. The lowest BCUT2D eigenvalue weighted by Gasteiger charge is -1.90. The van der Waals surface area contributed by atoms with Gasteiger partial charge >= 0.3 is 0 Å². The molecule has 0 saturated carbocycles. The molecule has 1 heteroatoms. The van der Waals surface area contributed by atoms with Gasteiger partial charge in [-0.3, -0.25) is 0 Å². The minimum absolute atomic E-state index is 0.840. The van der Waals surface area contributed by atoms with E-state index in [9.17, 15) is 0 Å². The highest BCUT2D eigenvalue weighted by molar-refractivity contribution is 6.31. The van der Waals surface area contributed by atoms with Gasteiger partial charge in [0.25, 0.3) is 0 Å². The van der Waals surface area contributed by atoms with Gasteiger partial charge in [-0.2, -0.15) is 0 Å². The van der Waals surface area contributed by atoms with Gasteiger partial charge in [0.05, 0.1) is 0 Å². The topological polar surface area (TPSA) is 0 Å². The van der Waals surface area contributed by atoms with Gasteiger partial charge in [0.1, 0.15) is 0 Å². The summed E-state index contributed by atoms with van der Waals surface area (Å²) in [6.45, 7) is 14.2. The van der Waals surface area contributed by atoms with Gasteiger partial charge in [0.15, 0.2) is 0 Å². The molecule has 0 unspecified atom stereocenters. The fraction of sp³-hybridized carbons (Fsp3) is 0.368. The molecule has 0 atom stereocenters. The lowest BCUT2D eigenvalue weighted by molar-refractivity contribution is 1.39. The monoisotopic (exact) mass is 292 g/mol. The van der Waals surface area contributed by atoms with Crippen LogP contribution in [0.5, 0.6) is 0 Å². The summed E-state index contributed by atoms with van der Waals surface area (Å²) in [6, 6.07) is 16.2. The zero-order valence-corrected chi connectivity index (χ0v) is 14.8. The Morgan fingerprint density at radius 3 is 1.35 bits per heavy atom. The van der Waals surface area contributed by atoms with E-state index in [1.54, 1.807) is 0 Å². The van der Waals surface area contributed by atoms with Crippen LogP contribution in [0, 0.1) is 20.8 Å². The van der Waals surface area contributed by atoms with E-state index in [2.05, 4.69) is 38.1 Å². The Hall–Kier alpha value is -1.27. The maximum absolute atomic E-state index is 5.71. The molecule has 0 heterocycles. The summed E-state index contributed by atoms with van der Waals surface area (Å²) in [5.74, 6) is 0. The second-order valence-electron chi connectivity index (χ2n) is 3.91. The maximum Gasteiger partial charge on any atom is 0.0435 e. The SMILES string of the molecule is CC.CC.Cc1cccc(C)c1.Cc1ccccc1Cl. The molecule has 0 aliphatic carbocycles. The van der Waals surface area contributed by atoms with Gasteiger partial charge in [-0.15, -0.1) is 0 Å². The van der Waals surface area contributed by atoms with Crippen molar-refractivity contribution in [3.8, 4) is 0 Å². The second kappa shape index (κ2) is 14.1. The first-order chi connectivity index (χ1) is 9.59. The average Bonchev–Trinajstić information content (AvgIpc) is 2.47. The molecule has 2 aromatic rings. The summed E-state index contributed by atoms with van der Waals surface area (Å²) < 4.78 is 0. The van der Waals surface area contributed by atoms with Crippen molar-refractivity contribution in [2.24, 2.45) is 0 Å². The van der Waals surface area contributed by atoms with E-state index in [1.165, 1.54) is 11.1 Å². The van der Waals surface area contributed by atoms with E-state index >= 15 is 0 Å². The van der Waals surface area contributed by atoms with Crippen LogP contribution in [0.1, 0.15) is 44.4 Å². The third-order valence-corrected chi connectivity index (χ3v) is 2.67. The van der Waals surface area contributed by atoms with Crippen molar-refractivity contribution >= 4 is 11.6 Å². The van der Waals surface area contributed by atoms with Gasteiger partial charge in [-0.1, -0.05) is 92.9 Å². The highest BCUT2D eigenvalue weighted by atomic mass is 35.5. The van der Waals surface area contributed by atoms with E-state index in [0.717, 1.165) is 10.6 Å². The number of halogens is 1. The Balaban J connectivity index is 0. The fourth-order valence-corrected chi connectivity index (χ4v) is 1.49. The summed E-state index contributed by atoms with van der Waals surface area (Å²) >= 11 is 5.71. The quantitative estimate of drug-likeness (QED) is 0.490. The molecule has 2 aromatic carbocycles. The Bertz CT molecular complexity index is 409. The molecule has 0 aromatic heterocycles. The van der Waals surface area contributed by atoms with Crippen LogP contribution < -0.4 is 0 Å². The van der Waals surface area contributed by atoms with E-state index in [4.69, 9.17) is 11.6 Å². The van der Waals surface area contributed by atoms with E-state index in [-0.39, 0.29) is 0 Å². The van der Waals surface area contributed by atoms with Crippen LogP contribution in [0.3, 0.4) is 0 Å². The van der Waals surface area contributed by atoms with Crippen molar-refractivity contribution in [2.45, 2.75) is 48.5 Å². The molecule has 0 N–H and O–H groups in total. The largest absolute Gasteiger partial charge is 0.0841 e. The average molecular weight is 293 g/mol. The smallest absolute Gasteiger partial charge is 0.0435 e. The standard InChI is InChI=1S/C8H10.C7H7Cl.2C2H6/c1-7-4-3-5-8(2)6-7;1-6-4-2-3-5-7(6)8;2*1-2/h3-6H,1-2H3;2-5H,1H3;2*1-2H3. The summed E-state index contributed by atoms with van der Waals surface area (Å²) in [6.07, 6.45) is 0. The van der Waals surface area contributed by atoms with Gasteiger partial charge in [-0.05, 0) is 32.4 Å². The minimum atomic E-state index is 0.840. The molecule has 0 nitrogen and oxygen atoms in total. The Morgan fingerprint density at radius 1 is 0.650 bits per heavy atom. The predicted octanol–water partition coefficient (Wildman–Crippen LogP) is 7.00. The van der Waals surface area contributed by atoms with E-state index in [0.29, 0.717) is 0 Å². The maximum atomic E-state index is 5.71. The van der Waals surface area contributed by atoms with Crippen molar-refractivity contribution in [1.29, 1.82) is 0 Å². The zero-order chi connectivity index (χ0) is 16.0. The summed E-state index contributed by atoms with van der Waals surface area (Å²) in [5.41, 5.74) is 3.81. The van der Waals surface area contributed by atoms with Crippen LogP contribution in [0.25, 0.3) is 0 Å². The molecule has 0 saturated heterocycles. The molecule has 112 valence electrons. The van der Waals surface area contributed by atoms with Crippen molar-refractivity contribution < 1.29 is 0 Å². The number of hydrogen-bond donors (Lipinski definition) is 0. The molecule has 0 aliphatic heterocycles. The molecule has 0 bridgehead atoms. The first-order valence-electron chi connectivity index (χ1n) is 7.34. The minimum Gasteiger partial charge on any atom is -0.0841 e. The van der Waals surface area contributed by atoms with Crippen molar-refractivity contribution in [3.63, 3.8) is 0 Å². The van der Waals surface area contributed by atoms with Crippen LogP contribution in [0.15, 0.2) is 48.5 Å². The lowest BCUT2D eigenvalue weighted by Crippen LogP contribution is -1.71. The first kappa shape index (κ1) is 21.0. The third kappa shape index (κ3) is 10.6. The van der Waals surface area contributed by atoms with Crippen LogP contribution in [-0.4, -0.2) is 0 Å². The van der Waals surface area contributed by atoms with Crippen molar-refractivity contribution in [3.05, 3.63) is 70.2 Å². The van der Waals surface area contributed by atoms with E-state index in [1.807, 2.05) is 58.9 Å². The molecular weight excluding hydrogens is 264 g/mol. The fourth-order valence-electron chi connectivity index (χ4n) is 1.36. The highest BCUT2D eigenvalue weighted by Gasteiger charge is 1.86. The molecule has 0 aliphatic rings. The summed E-state index contributed by atoms with van der Waals surface area (Å²) in [5, 5.41) is 0.840. The Labute approximate surface area is 130 Å². The molecule has 0 radical (unpaired) electrons. The molecule has 0 fully saturated rings. The zero-order valence-electron chi connectivity index (χ0n) is 14.0. The highest BCUT2D eigenvalue weighted by Crippen LogP contribution is 2.11. The van der Waals surface area contributed by atoms with Gasteiger partial charge < -0.3 is 0 Å². The number of hydrogen-bond acceptors (Lipinski definition) is 0. The normalized spacial score (nSPS) is 8.00. The van der Waals surface area contributed by atoms with Crippen molar-refractivity contribution in [1.82, 2.24) is 0 Å². The van der Waals surface area contributed by atoms with Gasteiger partial charge in [0.2, 0.25) is 0 Å². The summed E-state index contributed by atoms with van der Waals surface area (Å²) in [4.78, 5) is 0. The van der Waals surface area contributed by atoms with Gasteiger partial charge in [0, 0.05) is 5.02 Å². The second-order valence-corrected chi connectivity index (χ2v) is 4.31.